The number of urea groups is 1. The van der Waals surface area contributed by atoms with Gasteiger partial charge in [0.05, 0.1) is 19.2 Å². The first-order valence-corrected chi connectivity index (χ1v) is 8.91. The average molecular weight is 380 g/mol. The van der Waals surface area contributed by atoms with Gasteiger partial charge in [0.25, 0.3) is 5.89 Å². The monoisotopic (exact) mass is 380 g/mol. The highest BCUT2D eigenvalue weighted by Gasteiger charge is 2.32. The van der Waals surface area contributed by atoms with E-state index in [9.17, 15) is 4.79 Å². The molecular formula is C19H20N6O3. The summed E-state index contributed by atoms with van der Waals surface area (Å²) in [5, 5.41) is 9.72. The number of hydrogen-bond donors (Lipinski definition) is 2. The molecular weight excluding hydrogens is 360 g/mol. The molecule has 3 heterocycles. The molecule has 1 saturated heterocycles. The zero-order chi connectivity index (χ0) is 19.3. The summed E-state index contributed by atoms with van der Waals surface area (Å²) in [6.07, 6.45) is -0.0444. The number of pyridine rings is 1. The van der Waals surface area contributed by atoms with Gasteiger partial charge in [0.15, 0.2) is 5.82 Å². The van der Waals surface area contributed by atoms with Crippen molar-refractivity contribution in [3.05, 3.63) is 60.2 Å². The van der Waals surface area contributed by atoms with Crippen molar-refractivity contribution in [3.63, 3.8) is 0 Å². The first kappa shape index (κ1) is 17.9. The van der Waals surface area contributed by atoms with Gasteiger partial charge in [0.1, 0.15) is 18.2 Å². The SMILES string of the molecule is Cc1noc(COC2CN(C(=O)Nc3cccc(Nc4ccccc4)n3)C2)n1. The maximum absolute atomic E-state index is 12.3. The number of aromatic nitrogens is 3. The van der Waals surface area contributed by atoms with Crippen molar-refractivity contribution in [1.29, 1.82) is 0 Å². The molecule has 2 N–H and O–H groups in total. The lowest BCUT2D eigenvalue weighted by molar-refractivity contribution is -0.0496. The molecule has 3 aromatic rings. The van der Waals surface area contributed by atoms with Crippen molar-refractivity contribution < 1.29 is 14.1 Å². The van der Waals surface area contributed by atoms with E-state index in [0.717, 1.165) is 5.69 Å². The quantitative estimate of drug-likeness (QED) is 0.677. The van der Waals surface area contributed by atoms with E-state index in [2.05, 4.69) is 25.8 Å². The van der Waals surface area contributed by atoms with Gasteiger partial charge >= 0.3 is 6.03 Å². The topological polar surface area (TPSA) is 105 Å². The fraction of sp³-hybridized carbons (Fsp3) is 0.263. The van der Waals surface area contributed by atoms with Gasteiger partial charge in [-0.15, -0.1) is 0 Å². The highest BCUT2D eigenvalue weighted by Crippen LogP contribution is 2.18. The van der Waals surface area contributed by atoms with E-state index in [1.807, 2.05) is 42.5 Å². The molecule has 0 bridgehead atoms. The highest BCUT2D eigenvalue weighted by molar-refractivity contribution is 5.89. The number of carbonyl (C=O) groups excluding carboxylic acids is 1. The van der Waals surface area contributed by atoms with E-state index in [-0.39, 0.29) is 18.7 Å². The second-order valence-electron chi connectivity index (χ2n) is 6.40. The maximum Gasteiger partial charge on any atom is 0.323 e. The molecule has 9 nitrogen and oxygen atoms in total. The minimum absolute atomic E-state index is 0.0444. The average Bonchev–Trinajstić information content (AvgIpc) is 3.07. The van der Waals surface area contributed by atoms with E-state index < -0.39 is 0 Å². The molecule has 1 aromatic carbocycles. The number of aryl methyl sites for hydroxylation is 1. The number of para-hydroxylation sites is 1. The normalized spacial score (nSPS) is 13.8. The molecule has 2 amide bonds. The second-order valence-corrected chi connectivity index (χ2v) is 6.40. The van der Waals surface area contributed by atoms with Gasteiger partial charge in [-0.3, -0.25) is 5.32 Å². The Morgan fingerprint density at radius 3 is 2.68 bits per heavy atom. The predicted octanol–water partition coefficient (Wildman–Crippen LogP) is 2.95. The van der Waals surface area contributed by atoms with Gasteiger partial charge in [0, 0.05) is 5.69 Å². The third-order valence-electron chi connectivity index (χ3n) is 4.18. The number of nitrogens with zero attached hydrogens (tertiary/aromatic N) is 4. The molecule has 0 aliphatic carbocycles. The zero-order valence-corrected chi connectivity index (χ0v) is 15.3. The molecule has 0 radical (unpaired) electrons. The Bertz CT molecular complexity index is 940. The number of amides is 2. The summed E-state index contributed by atoms with van der Waals surface area (Å²) in [5.74, 6) is 2.15. The van der Waals surface area contributed by atoms with Crippen LogP contribution in [0.3, 0.4) is 0 Å². The summed E-state index contributed by atoms with van der Waals surface area (Å²) in [7, 11) is 0. The number of hydrogen-bond acceptors (Lipinski definition) is 7. The number of nitrogens with one attached hydrogen (secondary N) is 2. The summed E-state index contributed by atoms with van der Waals surface area (Å²) in [4.78, 5) is 22.5. The smallest absolute Gasteiger partial charge is 0.323 e. The van der Waals surface area contributed by atoms with Crippen LogP contribution in [0.5, 0.6) is 0 Å². The van der Waals surface area contributed by atoms with Crippen LogP contribution >= 0.6 is 0 Å². The summed E-state index contributed by atoms with van der Waals surface area (Å²) < 4.78 is 10.6. The van der Waals surface area contributed by atoms with Gasteiger partial charge < -0.3 is 19.5 Å². The fourth-order valence-electron chi connectivity index (χ4n) is 2.73. The molecule has 28 heavy (non-hydrogen) atoms. The third kappa shape index (κ3) is 4.44. The Balaban J connectivity index is 1.25. The van der Waals surface area contributed by atoms with Crippen molar-refractivity contribution in [1.82, 2.24) is 20.0 Å². The highest BCUT2D eigenvalue weighted by atomic mass is 16.5. The van der Waals surface area contributed by atoms with Crippen LogP contribution in [0.1, 0.15) is 11.7 Å². The van der Waals surface area contributed by atoms with Crippen LogP contribution in [0, 0.1) is 6.92 Å². The van der Waals surface area contributed by atoms with Crippen molar-refractivity contribution in [2.75, 3.05) is 23.7 Å². The number of likely N-dealkylation sites (tertiary alicyclic amines) is 1. The van der Waals surface area contributed by atoms with Gasteiger partial charge in [-0.05, 0) is 31.2 Å². The molecule has 1 fully saturated rings. The number of rotatable bonds is 6. The number of benzene rings is 1. The zero-order valence-electron chi connectivity index (χ0n) is 15.3. The molecule has 0 saturated carbocycles. The van der Waals surface area contributed by atoms with Gasteiger partial charge in [-0.1, -0.05) is 29.4 Å². The first-order chi connectivity index (χ1) is 13.7. The van der Waals surface area contributed by atoms with Gasteiger partial charge in [-0.25, -0.2) is 9.78 Å². The Labute approximate surface area is 161 Å². The van der Waals surface area contributed by atoms with Crippen LogP contribution < -0.4 is 10.6 Å². The fourth-order valence-corrected chi connectivity index (χ4v) is 2.73. The van der Waals surface area contributed by atoms with Crippen molar-refractivity contribution >= 4 is 23.4 Å². The summed E-state index contributed by atoms with van der Waals surface area (Å²) in [6.45, 7) is 3.00. The molecule has 144 valence electrons. The standard InChI is InChI=1S/C19H20N6O3/c1-13-20-18(28-24-13)12-27-15-10-25(11-15)19(26)23-17-9-5-8-16(22-17)21-14-6-3-2-4-7-14/h2-9,15H,10-12H2,1H3,(H2,21,22,23,26). The number of ether oxygens (including phenoxy) is 1. The van der Waals surface area contributed by atoms with E-state index in [1.54, 1.807) is 17.9 Å². The largest absolute Gasteiger partial charge is 0.365 e. The summed E-state index contributed by atoms with van der Waals surface area (Å²) in [5.41, 5.74) is 0.928. The van der Waals surface area contributed by atoms with E-state index in [0.29, 0.717) is 36.4 Å². The molecule has 0 spiro atoms. The van der Waals surface area contributed by atoms with Crippen LogP contribution in [0.4, 0.5) is 22.1 Å². The van der Waals surface area contributed by atoms with Crippen molar-refractivity contribution in [2.45, 2.75) is 19.6 Å². The predicted molar refractivity (Wildman–Crippen MR) is 102 cm³/mol. The van der Waals surface area contributed by atoms with E-state index >= 15 is 0 Å². The van der Waals surface area contributed by atoms with Gasteiger partial charge in [0.2, 0.25) is 0 Å². The van der Waals surface area contributed by atoms with Crippen LogP contribution in [0.2, 0.25) is 0 Å². The minimum Gasteiger partial charge on any atom is -0.365 e. The van der Waals surface area contributed by atoms with Gasteiger partial charge in [-0.2, -0.15) is 4.98 Å². The van der Waals surface area contributed by atoms with Crippen LogP contribution in [-0.4, -0.2) is 45.2 Å². The molecule has 1 aliphatic rings. The Hall–Kier alpha value is -3.46. The van der Waals surface area contributed by atoms with Crippen LogP contribution in [0.15, 0.2) is 53.1 Å². The second kappa shape index (κ2) is 8.05. The lowest BCUT2D eigenvalue weighted by Gasteiger charge is -2.38. The first-order valence-electron chi connectivity index (χ1n) is 8.91. The molecule has 0 unspecified atom stereocenters. The van der Waals surface area contributed by atoms with E-state index in [1.165, 1.54) is 0 Å². The molecule has 2 aromatic heterocycles. The van der Waals surface area contributed by atoms with Crippen molar-refractivity contribution in [2.24, 2.45) is 0 Å². The van der Waals surface area contributed by atoms with Crippen LogP contribution in [-0.2, 0) is 11.3 Å². The Morgan fingerprint density at radius 1 is 1.14 bits per heavy atom. The lowest BCUT2D eigenvalue weighted by atomic mass is 10.2. The summed E-state index contributed by atoms with van der Waals surface area (Å²) in [6, 6.07) is 14.9. The molecule has 9 heteroatoms. The lowest BCUT2D eigenvalue weighted by Crippen LogP contribution is -2.56. The number of anilines is 3. The summed E-state index contributed by atoms with van der Waals surface area (Å²) >= 11 is 0. The molecule has 4 rings (SSSR count). The Morgan fingerprint density at radius 2 is 1.93 bits per heavy atom. The molecule has 1 aliphatic heterocycles. The Kier molecular flexibility index (Phi) is 5.16. The maximum atomic E-state index is 12.3. The minimum atomic E-state index is -0.210. The van der Waals surface area contributed by atoms with E-state index in [4.69, 9.17) is 9.26 Å². The van der Waals surface area contributed by atoms with Crippen LogP contribution in [0.25, 0.3) is 0 Å². The van der Waals surface area contributed by atoms with Crippen molar-refractivity contribution in [3.8, 4) is 0 Å². The number of carbonyl (C=O) groups is 1. The third-order valence-corrected chi connectivity index (χ3v) is 4.18. The molecule has 0 atom stereocenters.